The molecule has 0 unspecified atom stereocenters. The predicted octanol–water partition coefficient (Wildman–Crippen LogP) is 3.18. The molecule has 0 fully saturated rings. The van der Waals surface area contributed by atoms with Crippen LogP contribution in [-0.2, 0) is 19.3 Å². The fourth-order valence-electron chi connectivity index (χ4n) is 2.34. The predicted molar refractivity (Wildman–Crippen MR) is 69.1 cm³/mol. The van der Waals surface area contributed by atoms with Crippen LogP contribution in [0.1, 0.15) is 44.4 Å². The summed E-state index contributed by atoms with van der Waals surface area (Å²) in [5.41, 5.74) is 2.96. The summed E-state index contributed by atoms with van der Waals surface area (Å²) in [6.07, 6.45) is 2.33. The number of hydrogen-bond acceptors (Lipinski definition) is 3. The van der Waals surface area contributed by atoms with E-state index in [2.05, 4.69) is 6.92 Å². The first-order valence-corrected chi connectivity index (χ1v) is 6.33. The van der Waals surface area contributed by atoms with Crippen molar-refractivity contribution >= 4 is 0 Å². The van der Waals surface area contributed by atoms with Gasteiger partial charge in [-0.25, -0.2) is 0 Å². The zero-order chi connectivity index (χ0) is 13.0. The molecule has 1 aromatic carbocycles. The third-order valence-electron chi connectivity index (χ3n) is 3.08. The molecule has 96 valence electrons. The van der Waals surface area contributed by atoms with Crippen molar-refractivity contribution in [3.05, 3.63) is 16.7 Å². The molecule has 3 heteroatoms. The van der Waals surface area contributed by atoms with Crippen LogP contribution in [0.25, 0.3) is 0 Å². The molecule has 0 aliphatic heterocycles. The molecule has 1 rings (SSSR count). The summed E-state index contributed by atoms with van der Waals surface area (Å²) >= 11 is 0. The van der Waals surface area contributed by atoms with E-state index in [9.17, 15) is 10.2 Å². The van der Waals surface area contributed by atoms with E-state index in [1.165, 1.54) is 0 Å². The van der Waals surface area contributed by atoms with E-state index in [1.54, 1.807) is 0 Å². The Labute approximate surface area is 103 Å². The zero-order valence-corrected chi connectivity index (χ0v) is 11.1. The maximum absolute atomic E-state index is 10.0. The molecule has 0 spiro atoms. The Hall–Kier alpha value is -1.38. The minimum absolute atomic E-state index is 0.0231. The van der Waals surface area contributed by atoms with Gasteiger partial charge in [0.2, 0.25) is 5.75 Å². The highest BCUT2D eigenvalue weighted by molar-refractivity contribution is 5.62. The van der Waals surface area contributed by atoms with Crippen molar-refractivity contribution in [2.75, 3.05) is 6.61 Å². The molecule has 0 amide bonds. The Bertz CT molecular complexity index is 397. The van der Waals surface area contributed by atoms with Gasteiger partial charge in [0.05, 0.1) is 6.61 Å². The lowest BCUT2D eigenvalue weighted by molar-refractivity contribution is 0.304. The maximum Gasteiger partial charge on any atom is 0.201 e. The fraction of sp³-hybridized carbons (Fsp3) is 0.571. The standard InChI is InChI=1S/C14H22O3/c1-5-9-10(6-2)12(15)13(16)14(17-8-4)11(9)7-3/h15-16H,5-8H2,1-4H3. The number of phenolic OH excluding ortho intramolecular Hbond substituents is 2. The van der Waals surface area contributed by atoms with Crippen LogP contribution in [-0.4, -0.2) is 16.8 Å². The molecule has 1 aromatic rings. The molecule has 3 nitrogen and oxygen atoms in total. The smallest absolute Gasteiger partial charge is 0.201 e. The van der Waals surface area contributed by atoms with E-state index >= 15 is 0 Å². The van der Waals surface area contributed by atoms with Crippen LogP contribution in [0.2, 0.25) is 0 Å². The molecule has 17 heavy (non-hydrogen) atoms. The zero-order valence-electron chi connectivity index (χ0n) is 11.1. The second kappa shape index (κ2) is 5.80. The lowest BCUT2D eigenvalue weighted by Crippen LogP contribution is -2.04. The first kappa shape index (κ1) is 13.7. The van der Waals surface area contributed by atoms with E-state index in [1.807, 2.05) is 20.8 Å². The van der Waals surface area contributed by atoms with Gasteiger partial charge in [-0.2, -0.15) is 0 Å². The number of hydrogen-bond donors (Lipinski definition) is 2. The number of aromatic hydroxyl groups is 2. The van der Waals surface area contributed by atoms with E-state index in [-0.39, 0.29) is 11.5 Å². The van der Waals surface area contributed by atoms with Gasteiger partial charge in [-0.15, -0.1) is 0 Å². The number of benzene rings is 1. The third-order valence-corrected chi connectivity index (χ3v) is 3.08. The summed E-state index contributed by atoms with van der Waals surface area (Å²) in [6, 6.07) is 0. The summed E-state index contributed by atoms with van der Waals surface area (Å²) in [6.45, 7) is 8.42. The van der Waals surface area contributed by atoms with Gasteiger partial charge in [0, 0.05) is 11.1 Å². The molecule has 2 N–H and O–H groups in total. The lowest BCUT2D eigenvalue weighted by atomic mass is 9.93. The van der Waals surface area contributed by atoms with Crippen molar-refractivity contribution in [3.8, 4) is 17.2 Å². The van der Waals surface area contributed by atoms with Gasteiger partial charge in [0.1, 0.15) is 0 Å². The third kappa shape index (κ3) is 2.33. The highest BCUT2D eigenvalue weighted by atomic mass is 16.5. The van der Waals surface area contributed by atoms with Crippen molar-refractivity contribution < 1.29 is 14.9 Å². The van der Waals surface area contributed by atoms with Gasteiger partial charge in [-0.1, -0.05) is 20.8 Å². The summed E-state index contributed by atoms with van der Waals surface area (Å²) in [5.74, 6) is 0.310. The molecule has 0 saturated heterocycles. The van der Waals surface area contributed by atoms with E-state index in [0.29, 0.717) is 18.8 Å². The molecule has 0 atom stereocenters. The number of rotatable bonds is 5. The van der Waals surface area contributed by atoms with Gasteiger partial charge >= 0.3 is 0 Å². The molecule has 0 bridgehead atoms. The van der Waals surface area contributed by atoms with Crippen molar-refractivity contribution in [2.45, 2.75) is 47.0 Å². The van der Waals surface area contributed by atoms with Crippen molar-refractivity contribution in [1.82, 2.24) is 0 Å². The summed E-state index contributed by atoms with van der Waals surface area (Å²) in [5, 5.41) is 20.0. The second-order valence-corrected chi connectivity index (χ2v) is 3.96. The summed E-state index contributed by atoms with van der Waals surface area (Å²) in [7, 11) is 0. The van der Waals surface area contributed by atoms with Crippen molar-refractivity contribution in [2.24, 2.45) is 0 Å². The Morgan fingerprint density at radius 3 is 1.71 bits per heavy atom. The van der Waals surface area contributed by atoms with E-state index in [4.69, 9.17) is 4.74 Å². The quantitative estimate of drug-likeness (QED) is 0.774. The van der Waals surface area contributed by atoms with Crippen LogP contribution in [0.3, 0.4) is 0 Å². The molecule has 0 aromatic heterocycles. The van der Waals surface area contributed by atoms with E-state index < -0.39 is 0 Å². The molecule has 0 saturated carbocycles. The Morgan fingerprint density at radius 2 is 1.29 bits per heavy atom. The van der Waals surface area contributed by atoms with Crippen molar-refractivity contribution in [1.29, 1.82) is 0 Å². The molecule has 0 aliphatic rings. The second-order valence-electron chi connectivity index (χ2n) is 3.96. The first-order valence-electron chi connectivity index (χ1n) is 6.33. The van der Waals surface area contributed by atoms with Crippen LogP contribution in [0.15, 0.2) is 0 Å². The lowest BCUT2D eigenvalue weighted by Gasteiger charge is -2.19. The first-order chi connectivity index (χ1) is 8.12. The monoisotopic (exact) mass is 238 g/mol. The summed E-state index contributed by atoms with van der Waals surface area (Å²) in [4.78, 5) is 0. The summed E-state index contributed by atoms with van der Waals surface area (Å²) < 4.78 is 5.47. The average molecular weight is 238 g/mol. The Kier molecular flexibility index (Phi) is 4.67. The van der Waals surface area contributed by atoms with Gasteiger partial charge in [-0.3, -0.25) is 0 Å². The van der Waals surface area contributed by atoms with Crippen LogP contribution in [0.5, 0.6) is 17.2 Å². The molecular weight excluding hydrogens is 216 g/mol. The minimum Gasteiger partial charge on any atom is -0.504 e. The topological polar surface area (TPSA) is 49.7 Å². The van der Waals surface area contributed by atoms with Gasteiger partial charge in [0.15, 0.2) is 11.5 Å². The Morgan fingerprint density at radius 1 is 0.765 bits per heavy atom. The SMILES string of the molecule is CCOc1c(O)c(O)c(CC)c(CC)c1CC. The van der Waals surface area contributed by atoms with Crippen LogP contribution < -0.4 is 4.74 Å². The Balaban J connectivity index is 3.56. The number of ether oxygens (including phenoxy) is 1. The fourth-order valence-corrected chi connectivity index (χ4v) is 2.34. The molecule has 0 aliphatic carbocycles. The molecule has 0 heterocycles. The normalized spacial score (nSPS) is 10.6. The minimum atomic E-state index is -0.113. The van der Waals surface area contributed by atoms with Crippen LogP contribution in [0.4, 0.5) is 0 Å². The van der Waals surface area contributed by atoms with Gasteiger partial charge in [0.25, 0.3) is 0 Å². The largest absolute Gasteiger partial charge is 0.504 e. The maximum atomic E-state index is 10.0. The van der Waals surface area contributed by atoms with Gasteiger partial charge < -0.3 is 14.9 Å². The molecular formula is C14H22O3. The van der Waals surface area contributed by atoms with Gasteiger partial charge in [-0.05, 0) is 31.7 Å². The highest BCUT2D eigenvalue weighted by Crippen LogP contribution is 2.44. The van der Waals surface area contributed by atoms with Crippen molar-refractivity contribution in [3.63, 3.8) is 0 Å². The highest BCUT2D eigenvalue weighted by Gasteiger charge is 2.21. The van der Waals surface area contributed by atoms with Crippen LogP contribution in [0, 0.1) is 0 Å². The molecule has 0 radical (unpaired) electrons. The number of phenols is 2. The average Bonchev–Trinajstić information content (AvgIpc) is 2.34. The van der Waals surface area contributed by atoms with E-state index in [0.717, 1.165) is 29.5 Å². The van der Waals surface area contributed by atoms with Crippen LogP contribution >= 0.6 is 0 Å².